The third kappa shape index (κ3) is 4.24. The Morgan fingerprint density at radius 3 is 2.62 bits per heavy atom. The second-order valence-electron chi connectivity index (χ2n) is 4.39. The summed E-state index contributed by atoms with van der Waals surface area (Å²) in [5.41, 5.74) is 4.31. The van der Waals surface area contributed by atoms with Gasteiger partial charge in [-0.25, -0.2) is 0 Å². The standard InChI is InChI=1S/C13H24N2S/c1-3-4-5-6-7-8-12(15-14)13-11(2)9-10-16-13/h9-10,12,15H,3-8,14H2,1-2H3. The number of hydrogen-bond acceptors (Lipinski definition) is 3. The smallest absolute Gasteiger partial charge is 0.0555 e. The maximum atomic E-state index is 5.63. The van der Waals surface area contributed by atoms with Crippen molar-refractivity contribution in [3.05, 3.63) is 21.9 Å². The summed E-state index contributed by atoms with van der Waals surface area (Å²) in [5, 5.41) is 2.14. The van der Waals surface area contributed by atoms with E-state index in [1.807, 2.05) is 11.3 Å². The first-order chi connectivity index (χ1) is 7.79. The fraction of sp³-hybridized carbons (Fsp3) is 0.692. The van der Waals surface area contributed by atoms with E-state index < -0.39 is 0 Å². The maximum Gasteiger partial charge on any atom is 0.0555 e. The van der Waals surface area contributed by atoms with Crippen molar-refractivity contribution in [2.75, 3.05) is 0 Å². The summed E-state index contributed by atoms with van der Waals surface area (Å²) in [5.74, 6) is 5.63. The van der Waals surface area contributed by atoms with Gasteiger partial charge < -0.3 is 0 Å². The molecule has 1 aromatic heterocycles. The summed E-state index contributed by atoms with van der Waals surface area (Å²) >= 11 is 1.81. The first kappa shape index (κ1) is 13.7. The molecule has 0 aliphatic heterocycles. The van der Waals surface area contributed by atoms with Gasteiger partial charge in [0.1, 0.15) is 0 Å². The highest BCUT2D eigenvalue weighted by Gasteiger charge is 2.12. The Morgan fingerprint density at radius 2 is 2.06 bits per heavy atom. The SMILES string of the molecule is CCCCCCCC(NN)c1sccc1C. The highest BCUT2D eigenvalue weighted by molar-refractivity contribution is 7.10. The molecule has 1 rings (SSSR count). The molecule has 0 amide bonds. The monoisotopic (exact) mass is 240 g/mol. The number of unbranched alkanes of at least 4 members (excludes halogenated alkanes) is 4. The van der Waals surface area contributed by atoms with Crippen molar-refractivity contribution in [3.8, 4) is 0 Å². The quantitative estimate of drug-likeness (QED) is 0.410. The summed E-state index contributed by atoms with van der Waals surface area (Å²) in [6, 6.07) is 2.52. The lowest BCUT2D eigenvalue weighted by atomic mass is 10.0. The van der Waals surface area contributed by atoms with E-state index in [-0.39, 0.29) is 0 Å². The minimum absolute atomic E-state index is 0.349. The first-order valence-electron chi connectivity index (χ1n) is 6.29. The van der Waals surface area contributed by atoms with E-state index in [1.165, 1.54) is 42.5 Å². The van der Waals surface area contributed by atoms with Gasteiger partial charge in [0.2, 0.25) is 0 Å². The number of hydrogen-bond donors (Lipinski definition) is 2. The molecule has 3 heteroatoms. The van der Waals surface area contributed by atoms with Crippen LogP contribution < -0.4 is 11.3 Å². The molecular weight excluding hydrogens is 216 g/mol. The van der Waals surface area contributed by atoms with Crippen molar-refractivity contribution in [1.29, 1.82) is 0 Å². The molecule has 0 saturated heterocycles. The van der Waals surface area contributed by atoms with Crippen molar-refractivity contribution >= 4 is 11.3 Å². The van der Waals surface area contributed by atoms with Gasteiger partial charge >= 0.3 is 0 Å². The topological polar surface area (TPSA) is 38.0 Å². The Balaban J connectivity index is 2.30. The summed E-state index contributed by atoms with van der Waals surface area (Å²) in [6.45, 7) is 4.41. The summed E-state index contributed by atoms with van der Waals surface area (Å²) in [4.78, 5) is 1.40. The third-order valence-corrected chi connectivity index (χ3v) is 4.15. The van der Waals surface area contributed by atoms with Gasteiger partial charge in [-0.3, -0.25) is 11.3 Å². The molecule has 0 aliphatic rings. The van der Waals surface area contributed by atoms with Crippen LogP contribution in [0.2, 0.25) is 0 Å². The predicted octanol–water partition coefficient (Wildman–Crippen LogP) is 3.92. The Morgan fingerprint density at radius 1 is 1.31 bits per heavy atom. The van der Waals surface area contributed by atoms with Crippen LogP contribution in [0.1, 0.15) is 61.9 Å². The van der Waals surface area contributed by atoms with E-state index in [4.69, 9.17) is 5.84 Å². The van der Waals surface area contributed by atoms with E-state index in [9.17, 15) is 0 Å². The molecule has 0 fully saturated rings. The number of aryl methyl sites for hydroxylation is 1. The van der Waals surface area contributed by atoms with Gasteiger partial charge in [-0.2, -0.15) is 0 Å². The molecule has 1 aromatic rings. The summed E-state index contributed by atoms with van der Waals surface area (Å²) < 4.78 is 0. The summed E-state index contributed by atoms with van der Waals surface area (Å²) in [6.07, 6.45) is 7.78. The van der Waals surface area contributed by atoms with Crippen LogP contribution >= 0.6 is 11.3 Å². The number of nitrogens with two attached hydrogens (primary N) is 1. The lowest BCUT2D eigenvalue weighted by molar-refractivity contribution is 0.483. The second kappa shape index (κ2) is 7.82. The van der Waals surface area contributed by atoms with Crippen LogP contribution in [-0.4, -0.2) is 0 Å². The third-order valence-electron chi connectivity index (χ3n) is 3.02. The van der Waals surface area contributed by atoms with Crippen LogP contribution in [0.25, 0.3) is 0 Å². The second-order valence-corrected chi connectivity index (χ2v) is 5.34. The van der Waals surface area contributed by atoms with Crippen molar-refractivity contribution in [1.82, 2.24) is 5.43 Å². The number of nitrogens with one attached hydrogen (secondary N) is 1. The highest BCUT2D eigenvalue weighted by Crippen LogP contribution is 2.27. The van der Waals surface area contributed by atoms with Crippen LogP contribution in [0.4, 0.5) is 0 Å². The Hall–Kier alpha value is -0.380. The average molecular weight is 240 g/mol. The number of hydrazine groups is 1. The predicted molar refractivity (Wildman–Crippen MR) is 72.5 cm³/mol. The Kier molecular flexibility index (Phi) is 6.69. The number of thiophene rings is 1. The van der Waals surface area contributed by atoms with Gasteiger partial charge in [0.15, 0.2) is 0 Å². The zero-order valence-corrected chi connectivity index (χ0v) is 11.3. The molecular formula is C13H24N2S. The molecule has 1 unspecified atom stereocenters. The number of rotatable bonds is 8. The van der Waals surface area contributed by atoms with Crippen molar-refractivity contribution in [3.63, 3.8) is 0 Å². The molecule has 16 heavy (non-hydrogen) atoms. The van der Waals surface area contributed by atoms with E-state index in [2.05, 4.69) is 30.7 Å². The van der Waals surface area contributed by atoms with Crippen molar-refractivity contribution in [2.45, 2.75) is 58.4 Å². The average Bonchev–Trinajstić information content (AvgIpc) is 2.70. The maximum absolute atomic E-state index is 5.63. The van der Waals surface area contributed by atoms with Crippen LogP contribution in [0.5, 0.6) is 0 Å². The molecule has 0 aliphatic carbocycles. The van der Waals surface area contributed by atoms with Crippen LogP contribution in [-0.2, 0) is 0 Å². The van der Waals surface area contributed by atoms with Gasteiger partial charge in [0.05, 0.1) is 6.04 Å². The molecule has 0 bridgehead atoms. The normalized spacial score (nSPS) is 12.9. The zero-order chi connectivity index (χ0) is 11.8. The fourth-order valence-electron chi connectivity index (χ4n) is 1.98. The van der Waals surface area contributed by atoms with Gasteiger partial charge in [-0.1, -0.05) is 39.0 Å². The largest absolute Gasteiger partial charge is 0.271 e. The van der Waals surface area contributed by atoms with E-state index in [0.29, 0.717) is 6.04 Å². The van der Waals surface area contributed by atoms with Gasteiger partial charge in [0, 0.05) is 4.88 Å². The van der Waals surface area contributed by atoms with Crippen LogP contribution in [0.15, 0.2) is 11.4 Å². The fourth-order valence-corrected chi connectivity index (χ4v) is 3.01. The molecule has 3 N–H and O–H groups in total. The lowest BCUT2D eigenvalue weighted by Gasteiger charge is -2.15. The molecule has 0 spiro atoms. The van der Waals surface area contributed by atoms with Gasteiger partial charge in [0.25, 0.3) is 0 Å². The van der Waals surface area contributed by atoms with Gasteiger partial charge in [-0.05, 0) is 30.4 Å². The minimum atomic E-state index is 0.349. The summed E-state index contributed by atoms with van der Waals surface area (Å²) in [7, 11) is 0. The Labute approximate surface area is 103 Å². The molecule has 2 nitrogen and oxygen atoms in total. The molecule has 0 radical (unpaired) electrons. The van der Waals surface area contributed by atoms with E-state index in [0.717, 1.165) is 6.42 Å². The van der Waals surface area contributed by atoms with Crippen molar-refractivity contribution < 1.29 is 0 Å². The van der Waals surface area contributed by atoms with Crippen LogP contribution in [0.3, 0.4) is 0 Å². The zero-order valence-electron chi connectivity index (χ0n) is 10.5. The highest BCUT2D eigenvalue weighted by atomic mass is 32.1. The molecule has 0 saturated carbocycles. The van der Waals surface area contributed by atoms with E-state index >= 15 is 0 Å². The molecule has 92 valence electrons. The minimum Gasteiger partial charge on any atom is -0.271 e. The van der Waals surface area contributed by atoms with Crippen LogP contribution in [0, 0.1) is 6.92 Å². The Bertz CT molecular complexity index is 283. The molecule has 1 heterocycles. The molecule has 1 atom stereocenters. The molecule has 0 aromatic carbocycles. The van der Waals surface area contributed by atoms with Gasteiger partial charge in [-0.15, -0.1) is 11.3 Å². The lowest BCUT2D eigenvalue weighted by Crippen LogP contribution is -2.27. The van der Waals surface area contributed by atoms with Crippen molar-refractivity contribution in [2.24, 2.45) is 5.84 Å². The van der Waals surface area contributed by atoms with E-state index in [1.54, 1.807) is 0 Å². The first-order valence-corrected chi connectivity index (χ1v) is 7.17.